The normalized spacial score (nSPS) is 14.4. The number of nitrogens with one attached hydrogen (secondary N) is 2. The SMILES string of the molecule is Cc1sccc1C(=O)NCc1c(C2CC2)ccc2[nH]ncc12. The van der Waals surface area contributed by atoms with Crippen LogP contribution < -0.4 is 5.32 Å². The van der Waals surface area contributed by atoms with Gasteiger partial charge in [-0.2, -0.15) is 5.10 Å². The molecular formula is C17H17N3OS. The first-order chi connectivity index (χ1) is 10.7. The highest BCUT2D eigenvalue weighted by atomic mass is 32.1. The Balaban J connectivity index is 1.63. The molecule has 3 aromatic rings. The maximum absolute atomic E-state index is 12.3. The van der Waals surface area contributed by atoms with Crippen molar-refractivity contribution in [2.24, 2.45) is 0 Å². The molecular weight excluding hydrogens is 294 g/mol. The third-order valence-electron chi connectivity index (χ3n) is 4.32. The van der Waals surface area contributed by atoms with Crippen molar-refractivity contribution < 1.29 is 4.79 Å². The van der Waals surface area contributed by atoms with Crippen LogP contribution in [0.5, 0.6) is 0 Å². The van der Waals surface area contributed by atoms with Crippen molar-refractivity contribution in [3.05, 3.63) is 51.3 Å². The lowest BCUT2D eigenvalue weighted by atomic mass is 9.99. The molecule has 1 amide bonds. The zero-order chi connectivity index (χ0) is 15.1. The molecule has 22 heavy (non-hydrogen) atoms. The van der Waals surface area contributed by atoms with Crippen LogP contribution in [0.4, 0.5) is 0 Å². The summed E-state index contributed by atoms with van der Waals surface area (Å²) in [6.45, 7) is 2.53. The minimum absolute atomic E-state index is 0.000921. The average molecular weight is 311 g/mol. The van der Waals surface area contributed by atoms with Crippen LogP contribution in [-0.4, -0.2) is 16.1 Å². The largest absolute Gasteiger partial charge is 0.348 e. The first-order valence-electron chi connectivity index (χ1n) is 7.51. The van der Waals surface area contributed by atoms with E-state index < -0.39 is 0 Å². The van der Waals surface area contributed by atoms with E-state index in [0.29, 0.717) is 12.5 Å². The van der Waals surface area contributed by atoms with Crippen LogP contribution in [0.3, 0.4) is 0 Å². The number of hydrogen-bond donors (Lipinski definition) is 2. The number of aromatic nitrogens is 2. The van der Waals surface area contributed by atoms with Gasteiger partial charge in [0.05, 0.1) is 17.3 Å². The fourth-order valence-electron chi connectivity index (χ4n) is 2.95. The molecule has 0 radical (unpaired) electrons. The predicted octanol–water partition coefficient (Wildman–Crippen LogP) is 3.74. The Bertz CT molecular complexity index is 845. The lowest BCUT2D eigenvalue weighted by Gasteiger charge is -2.11. The summed E-state index contributed by atoms with van der Waals surface area (Å²) >= 11 is 1.60. The van der Waals surface area contributed by atoms with E-state index in [1.807, 2.05) is 24.6 Å². The Kier molecular flexibility index (Phi) is 3.22. The number of rotatable bonds is 4. The first-order valence-corrected chi connectivity index (χ1v) is 8.39. The molecule has 1 saturated carbocycles. The van der Waals surface area contributed by atoms with Crippen LogP contribution in [0.25, 0.3) is 10.9 Å². The van der Waals surface area contributed by atoms with Gasteiger partial charge in [0.1, 0.15) is 0 Å². The molecule has 2 N–H and O–H groups in total. The zero-order valence-electron chi connectivity index (χ0n) is 12.3. The van der Waals surface area contributed by atoms with E-state index in [-0.39, 0.29) is 5.91 Å². The second kappa shape index (κ2) is 5.25. The van der Waals surface area contributed by atoms with Gasteiger partial charge in [-0.05, 0) is 54.3 Å². The van der Waals surface area contributed by atoms with Crippen molar-refractivity contribution >= 4 is 28.1 Å². The van der Waals surface area contributed by atoms with Gasteiger partial charge in [-0.1, -0.05) is 6.07 Å². The quantitative estimate of drug-likeness (QED) is 0.771. The lowest BCUT2D eigenvalue weighted by molar-refractivity contribution is 0.0951. The molecule has 2 heterocycles. The maximum Gasteiger partial charge on any atom is 0.252 e. The summed E-state index contributed by atoms with van der Waals surface area (Å²) in [7, 11) is 0. The highest BCUT2D eigenvalue weighted by molar-refractivity contribution is 7.10. The number of thiophene rings is 1. The van der Waals surface area contributed by atoms with Gasteiger partial charge in [0.25, 0.3) is 5.91 Å². The van der Waals surface area contributed by atoms with E-state index in [9.17, 15) is 4.79 Å². The predicted molar refractivity (Wildman–Crippen MR) is 88.3 cm³/mol. The Hall–Kier alpha value is -2.14. The number of amides is 1. The fourth-order valence-corrected chi connectivity index (χ4v) is 3.65. The Morgan fingerprint density at radius 1 is 1.41 bits per heavy atom. The number of nitrogens with zero attached hydrogens (tertiary/aromatic N) is 1. The number of carbonyl (C=O) groups is 1. The molecule has 5 heteroatoms. The topological polar surface area (TPSA) is 57.8 Å². The number of H-pyrrole nitrogens is 1. The Labute approximate surface area is 132 Å². The molecule has 0 atom stereocenters. The van der Waals surface area contributed by atoms with Crippen LogP contribution in [0.1, 0.15) is 45.1 Å². The zero-order valence-corrected chi connectivity index (χ0v) is 13.2. The van der Waals surface area contributed by atoms with Gasteiger partial charge in [-0.3, -0.25) is 9.89 Å². The van der Waals surface area contributed by atoms with E-state index >= 15 is 0 Å². The van der Waals surface area contributed by atoms with Crippen LogP contribution in [0, 0.1) is 6.92 Å². The molecule has 0 spiro atoms. The second-order valence-corrected chi connectivity index (χ2v) is 6.93. The van der Waals surface area contributed by atoms with Gasteiger partial charge in [0.15, 0.2) is 0 Å². The number of benzene rings is 1. The van der Waals surface area contributed by atoms with Crippen LogP contribution in [0.15, 0.2) is 29.8 Å². The van der Waals surface area contributed by atoms with Crippen LogP contribution >= 0.6 is 11.3 Å². The van der Waals surface area contributed by atoms with Gasteiger partial charge in [0, 0.05) is 16.8 Å². The van der Waals surface area contributed by atoms with E-state index in [2.05, 4.69) is 27.6 Å². The minimum Gasteiger partial charge on any atom is -0.348 e. The van der Waals surface area contributed by atoms with Crippen molar-refractivity contribution in [2.45, 2.75) is 32.2 Å². The first kappa shape index (κ1) is 13.5. The molecule has 0 bridgehead atoms. The molecule has 4 rings (SSSR count). The highest BCUT2D eigenvalue weighted by Crippen LogP contribution is 2.43. The van der Waals surface area contributed by atoms with E-state index in [1.165, 1.54) is 24.0 Å². The number of aromatic amines is 1. The Morgan fingerprint density at radius 2 is 2.27 bits per heavy atom. The number of fused-ring (bicyclic) bond motifs is 1. The summed E-state index contributed by atoms with van der Waals surface area (Å²) in [5, 5.41) is 13.3. The monoisotopic (exact) mass is 311 g/mol. The van der Waals surface area contributed by atoms with E-state index in [1.54, 1.807) is 11.3 Å². The summed E-state index contributed by atoms with van der Waals surface area (Å²) in [4.78, 5) is 13.4. The van der Waals surface area contributed by atoms with Crippen molar-refractivity contribution in [1.82, 2.24) is 15.5 Å². The number of aryl methyl sites for hydroxylation is 1. The smallest absolute Gasteiger partial charge is 0.252 e. The summed E-state index contributed by atoms with van der Waals surface area (Å²) < 4.78 is 0. The van der Waals surface area contributed by atoms with Gasteiger partial charge in [-0.25, -0.2) is 0 Å². The van der Waals surface area contributed by atoms with Gasteiger partial charge in [-0.15, -0.1) is 11.3 Å². The van der Waals surface area contributed by atoms with Crippen molar-refractivity contribution in [3.8, 4) is 0 Å². The van der Waals surface area contributed by atoms with Crippen LogP contribution in [-0.2, 0) is 6.54 Å². The number of carbonyl (C=O) groups excluding carboxylic acids is 1. The molecule has 4 nitrogen and oxygen atoms in total. The summed E-state index contributed by atoms with van der Waals surface area (Å²) in [5.74, 6) is 0.648. The molecule has 2 aromatic heterocycles. The number of hydrogen-bond acceptors (Lipinski definition) is 3. The Morgan fingerprint density at radius 3 is 3.00 bits per heavy atom. The summed E-state index contributed by atoms with van der Waals surface area (Å²) in [6, 6.07) is 6.15. The lowest BCUT2D eigenvalue weighted by Crippen LogP contribution is -2.23. The second-order valence-electron chi connectivity index (χ2n) is 5.81. The van der Waals surface area contributed by atoms with Crippen LogP contribution in [0.2, 0.25) is 0 Å². The molecule has 1 aliphatic rings. The van der Waals surface area contributed by atoms with Crippen molar-refractivity contribution in [1.29, 1.82) is 0 Å². The average Bonchev–Trinajstić information content (AvgIpc) is 3.08. The summed E-state index contributed by atoms with van der Waals surface area (Å²) in [5.41, 5.74) is 4.36. The molecule has 1 fully saturated rings. The van der Waals surface area contributed by atoms with Gasteiger partial charge in [0.2, 0.25) is 0 Å². The molecule has 0 saturated heterocycles. The molecule has 1 aliphatic carbocycles. The fraction of sp³-hybridized carbons (Fsp3) is 0.294. The van der Waals surface area contributed by atoms with Gasteiger partial charge < -0.3 is 5.32 Å². The van der Waals surface area contributed by atoms with Gasteiger partial charge >= 0.3 is 0 Å². The van der Waals surface area contributed by atoms with E-state index in [0.717, 1.165) is 21.3 Å². The minimum atomic E-state index is 0.000921. The third kappa shape index (κ3) is 2.31. The maximum atomic E-state index is 12.3. The summed E-state index contributed by atoms with van der Waals surface area (Å²) in [6.07, 6.45) is 4.35. The third-order valence-corrected chi connectivity index (χ3v) is 5.16. The molecule has 1 aromatic carbocycles. The van der Waals surface area contributed by atoms with Crippen molar-refractivity contribution in [3.63, 3.8) is 0 Å². The molecule has 0 unspecified atom stereocenters. The highest BCUT2D eigenvalue weighted by Gasteiger charge is 2.27. The van der Waals surface area contributed by atoms with E-state index in [4.69, 9.17) is 0 Å². The van der Waals surface area contributed by atoms with Crippen molar-refractivity contribution in [2.75, 3.05) is 0 Å². The molecule has 0 aliphatic heterocycles. The molecule has 112 valence electrons. The standard InChI is InChI=1S/C17H17N3OS/c1-10-12(6-7-22-10)17(21)18-8-14-13(11-2-3-11)4-5-16-15(14)9-19-20-16/h4-7,9,11H,2-3,8H2,1H3,(H,18,21)(H,19,20).